The van der Waals surface area contributed by atoms with Crippen molar-refractivity contribution in [2.45, 2.75) is 96.8 Å². The Morgan fingerprint density at radius 3 is 1.18 bits per heavy atom. The number of aliphatic carboxylic acids is 1. The van der Waals surface area contributed by atoms with Crippen molar-refractivity contribution in [1.29, 1.82) is 0 Å². The molecule has 0 radical (unpaired) electrons. The topological polar surface area (TPSA) is 333 Å². The second-order valence-electron chi connectivity index (χ2n) is 26.2. The molecule has 11 rings (SSSR count). The first kappa shape index (κ1) is 80.2. The van der Waals surface area contributed by atoms with Crippen LogP contribution in [0, 0.1) is 23.7 Å². The van der Waals surface area contributed by atoms with E-state index < -0.39 is 29.6 Å². The van der Waals surface area contributed by atoms with Crippen LogP contribution in [0.3, 0.4) is 0 Å². The zero-order valence-electron chi connectivity index (χ0n) is 61.1. The molecule has 27 nitrogen and oxygen atoms in total. The van der Waals surface area contributed by atoms with Crippen molar-refractivity contribution in [1.82, 2.24) is 34.3 Å². The number of benzene rings is 4. The highest BCUT2D eigenvalue weighted by molar-refractivity contribution is 5.87. The van der Waals surface area contributed by atoms with E-state index in [2.05, 4.69) is 30.3 Å². The molecule has 27 heteroatoms. The SMILES string of the molecule is CN1Cc2cc(OCCCNc3ccccn3)ccc2CC(CC(=O)O)C1=O.COC(=O)CC1Cc2ccc(O)cc2CN(C)C1=O.COC(=O)CC1Cc2ccc(OCCCN=c3ccccn3O)cc2CN(C)C1=O.COC(=O)CC1Cc2ccc(OCCCNc3ccccn3)cc2CN(C)C1=O. The fourth-order valence-corrected chi connectivity index (χ4v) is 12.7. The zero-order chi connectivity index (χ0) is 76.1. The Balaban J connectivity index is 0.000000181. The summed E-state index contributed by atoms with van der Waals surface area (Å²) in [6.07, 6.45) is 9.48. The van der Waals surface area contributed by atoms with Crippen LogP contribution in [0.2, 0.25) is 0 Å². The van der Waals surface area contributed by atoms with Gasteiger partial charge in [0.2, 0.25) is 23.6 Å². The first-order valence-corrected chi connectivity index (χ1v) is 35.2. The average molecular weight is 1460 g/mol. The molecule has 0 fully saturated rings. The second kappa shape index (κ2) is 40.5. The van der Waals surface area contributed by atoms with Gasteiger partial charge in [0.15, 0.2) is 5.49 Å². The highest BCUT2D eigenvalue weighted by Gasteiger charge is 2.34. The molecule has 4 aliphatic rings. The number of anilines is 2. The molecule has 4 aliphatic heterocycles. The van der Waals surface area contributed by atoms with Gasteiger partial charge in [-0.1, -0.05) is 42.5 Å². The third kappa shape index (κ3) is 24.6. The van der Waals surface area contributed by atoms with Crippen molar-refractivity contribution in [2.24, 2.45) is 28.7 Å². The summed E-state index contributed by atoms with van der Waals surface area (Å²) in [5.74, 6) is 0.0922. The number of carboxylic acid groups (broad SMARTS) is 1. The number of hydrogen-bond donors (Lipinski definition) is 5. The average Bonchev–Trinajstić information content (AvgIpc) is 1.69. The molecule has 0 saturated heterocycles. The maximum atomic E-state index is 12.6. The van der Waals surface area contributed by atoms with Crippen molar-refractivity contribution in [2.75, 3.05) is 99.6 Å². The van der Waals surface area contributed by atoms with Gasteiger partial charge in [0, 0.05) is 99.0 Å². The van der Waals surface area contributed by atoms with Crippen molar-refractivity contribution in [3.8, 4) is 23.0 Å². The lowest BCUT2D eigenvalue weighted by atomic mass is 9.94. The fraction of sp³-hybridized carbons (Fsp3) is 0.405. The van der Waals surface area contributed by atoms with E-state index in [1.807, 2.05) is 97.1 Å². The molecule has 4 atom stereocenters. The number of nitrogens with one attached hydrogen (secondary N) is 2. The highest BCUT2D eigenvalue weighted by atomic mass is 16.5. The molecule has 4 aromatic carbocycles. The van der Waals surface area contributed by atoms with Gasteiger partial charge >= 0.3 is 23.9 Å². The summed E-state index contributed by atoms with van der Waals surface area (Å²) in [4.78, 5) is 115. The summed E-state index contributed by atoms with van der Waals surface area (Å²) in [6, 6.07) is 39.3. The summed E-state index contributed by atoms with van der Waals surface area (Å²) in [5.41, 5.74) is 8.61. The molecule has 0 saturated carbocycles. The van der Waals surface area contributed by atoms with Crippen LogP contribution < -0.4 is 30.3 Å². The minimum atomic E-state index is -0.950. The van der Waals surface area contributed by atoms with E-state index in [9.17, 15) is 48.7 Å². The van der Waals surface area contributed by atoms with Crippen LogP contribution in [0.1, 0.15) is 89.5 Å². The Bertz CT molecular complexity index is 4200. The van der Waals surface area contributed by atoms with Gasteiger partial charge < -0.3 is 74.1 Å². The minimum Gasteiger partial charge on any atom is -0.508 e. The Morgan fingerprint density at radius 1 is 0.462 bits per heavy atom. The summed E-state index contributed by atoms with van der Waals surface area (Å²) in [6.45, 7) is 5.58. The molecule has 7 heterocycles. The van der Waals surface area contributed by atoms with Crippen LogP contribution in [-0.2, 0) is 104 Å². The number of carbonyl (C=O) groups excluding carboxylic acids is 7. The molecule has 0 spiro atoms. The first-order valence-electron chi connectivity index (χ1n) is 35.2. The van der Waals surface area contributed by atoms with Gasteiger partial charge in [-0.3, -0.25) is 43.3 Å². The van der Waals surface area contributed by atoms with E-state index in [0.29, 0.717) is 90.1 Å². The van der Waals surface area contributed by atoms with Gasteiger partial charge in [0.25, 0.3) is 0 Å². The lowest BCUT2D eigenvalue weighted by molar-refractivity contribution is -0.146. The maximum absolute atomic E-state index is 12.6. The number of carbonyl (C=O) groups is 8. The number of amides is 4. The lowest BCUT2D eigenvalue weighted by Crippen LogP contribution is -2.32. The van der Waals surface area contributed by atoms with Crippen LogP contribution in [0.5, 0.6) is 23.0 Å². The van der Waals surface area contributed by atoms with Crippen LogP contribution in [-0.4, -0.2) is 186 Å². The van der Waals surface area contributed by atoms with Gasteiger partial charge in [-0.2, -0.15) is 4.73 Å². The molecule has 4 amide bonds. The molecule has 5 N–H and O–H groups in total. The van der Waals surface area contributed by atoms with Crippen molar-refractivity contribution in [3.63, 3.8) is 0 Å². The lowest BCUT2D eigenvalue weighted by Gasteiger charge is -2.19. The van der Waals surface area contributed by atoms with Crippen molar-refractivity contribution < 1.29 is 82.2 Å². The Kier molecular flexibility index (Phi) is 30.6. The van der Waals surface area contributed by atoms with E-state index in [0.717, 1.165) is 104 Å². The van der Waals surface area contributed by atoms with E-state index >= 15 is 0 Å². The number of aromatic hydroxyl groups is 1. The number of rotatable bonds is 25. The Hall–Kier alpha value is -11.5. The predicted octanol–water partition coefficient (Wildman–Crippen LogP) is 8.10. The molecular formula is C79H96N10O17. The number of methoxy groups -OCH3 is 3. The van der Waals surface area contributed by atoms with Crippen LogP contribution >= 0.6 is 0 Å². The number of carboxylic acids is 1. The number of nitrogens with zero attached hydrogens (tertiary/aromatic N) is 8. The molecule has 106 heavy (non-hydrogen) atoms. The second-order valence-corrected chi connectivity index (χ2v) is 26.2. The summed E-state index contributed by atoms with van der Waals surface area (Å²) >= 11 is 0. The van der Waals surface area contributed by atoms with E-state index in [-0.39, 0.29) is 73.0 Å². The molecule has 4 unspecified atom stereocenters. The highest BCUT2D eigenvalue weighted by Crippen LogP contribution is 2.32. The largest absolute Gasteiger partial charge is 0.508 e. The van der Waals surface area contributed by atoms with E-state index in [1.165, 1.54) is 27.5 Å². The number of esters is 3. The van der Waals surface area contributed by atoms with E-state index in [4.69, 9.17) is 28.8 Å². The molecule has 7 aromatic rings. The first-order chi connectivity index (χ1) is 51.1. The Morgan fingerprint density at radius 2 is 0.821 bits per heavy atom. The third-order valence-electron chi connectivity index (χ3n) is 18.2. The van der Waals surface area contributed by atoms with Crippen molar-refractivity contribution in [3.05, 3.63) is 196 Å². The number of phenolic OH excluding ortho intramolecular Hbond substituents is 1. The summed E-state index contributed by atoms with van der Waals surface area (Å²) in [7, 11) is 10.9. The van der Waals surface area contributed by atoms with Crippen LogP contribution in [0.15, 0.2) is 151 Å². The molecular weight excluding hydrogens is 1360 g/mol. The predicted molar refractivity (Wildman–Crippen MR) is 392 cm³/mol. The molecule has 0 aliphatic carbocycles. The van der Waals surface area contributed by atoms with Gasteiger partial charge in [-0.15, -0.1) is 0 Å². The molecule has 564 valence electrons. The van der Waals surface area contributed by atoms with Gasteiger partial charge in [-0.05, 0) is 168 Å². The Labute approximate surface area is 617 Å². The van der Waals surface area contributed by atoms with Gasteiger partial charge in [0.1, 0.15) is 34.6 Å². The standard InChI is InChI=1S/C22H27N3O5.C22H27N3O4.C21H25N3O4.C14H17NO4/c1-24-15-18-13-19(30-11-5-9-23-20-6-3-4-10-25(20)28)8-7-16(18)12-17(22(24)27)14-21(26)29-2;1-25-15-18-13-19(29-11-5-10-24-20-6-3-4-9-23-20)8-7-16(18)12-17(22(25)27)14-21(26)28-2;1-24-14-17-12-18(28-10-4-9-23-19-5-2-3-8-22-19)7-6-15(17)11-16(21(24)27)13-20(25)26;1-15-8-11-6-12(16)4-3-9(11)5-10(14(15)18)7-13(17)19-2/h3-4,6-8,10,13,17,28H,5,9,11-12,14-15H2,1-2H3;3-4,6-9,13,17H,5,10-12,14-15H2,1-2H3,(H,23,24);2-3,5-8,12,16H,4,9-11,13-14H2,1H3,(H,22,23)(H,25,26);3-4,6,10,16H,5,7-8H2,1-2H3. The monoisotopic (exact) mass is 1460 g/mol. The molecule has 3 aromatic heterocycles. The summed E-state index contributed by atoms with van der Waals surface area (Å²) in [5, 5.41) is 34.7. The number of aromatic nitrogens is 3. The van der Waals surface area contributed by atoms with Gasteiger partial charge in [0.05, 0.1) is 90.5 Å². The zero-order valence-corrected chi connectivity index (χ0v) is 61.1. The van der Waals surface area contributed by atoms with E-state index in [1.54, 1.807) is 90.5 Å². The number of pyridine rings is 3. The van der Waals surface area contributed by atoms with Crippen LogP contribution in [0.25, 0.3) is 0 Å². The summed E-state index contributed by atoms with van der Waals surface area (Å²) < 4.78 is 32.7. The quantitative estimate of drug-likeness (QED) is 0.0156. The number of phenols is 1. The van der Waals surface area contributed by atoms with Crippen LogP contribution in [0.4, 0.5) is 11.6 Å². The minimum absolute atomic E-state index is 0.0327. The number of ether oxygens (including phenoxy) is 6. The third-order valence-corrected chi connectivity index (χ3v) is 18.2. The normalized spacial score (nSPS) is 16.8. The van der Waals surface area contributed by atoms with Gasteiger partial charge in [-0.25, -0.2) is 9.97 Å². The number of hydrogen-bond acceptors (Lipinski definition) is 21. The maximum Gasteiger partial charge on any atom is 0.306 e. The fourth-order valence-electron chi connectivity index (χ4n) is 12.7. The number of fused-ring (bicyclic) bond motifs is 4. The van der Waals surface area contributed by atoms with Crippen molar-refractivity contribution >= 4 is 59.1 Å². The molecule has 0 bridgehead atoms. The smallest absolute Gasteiger partial charge is 0.306 e.